The van der Waals surface area contributed by atoms with Gasteiger partial charge in [-0.15, -0.1) is 0 Å². The zero-order valence-corrected chi connectivity index (χ0v) is 16.0. The second-order valence-electron chi connectivity index (χ2n) is 7.18. The molecule has 0 spiro atoms. The average molecular weight is 390 g/mol. The summed E-state index contributed by atoms with van der Waals surface area (Å²) >= 11 is 0. The van der Waals surface area contributed by atoms with Crippen molar-refractivity contribution in [1.29, 1.82) is 0 Å². The predicted octanol–water partition coefficient (Wildman–Crippen LogP) is 2.27. The molecule has 7 nitrogen and oxygen atoms in total. The van der Waals surface area contributed by atoms with E-state index in [1.807, 2.05) is 48.5 Å². The zero-order chi connectivity index (χ0) is 20.2. The molecule has 2 heterocycles. The molecule has 1 saturated heterocycles. The van der Waals surface area contributed by atoms with Crippen LogP contribution in [0.5, 0.6) is 0 Å². The maximum absolute atomic E-state index is 12.8. The van der Waals surface area contributed by atoms with E-state index in [0.29, 0.717) is 37.0 Å². The Morgan fingerprint density at radius 1 is 1.00 bits per heavy atom. The van der Waals surface area contributed by atoms with Crippen molar-refractivity contribution in [2.45, 2.75) is 19.4 Å². The lowest BCUT2D eigenvalue weighted by molar-refractivity contribution is -0.135. The number of carbonyl (C=O) groups is 2. The molecule has 29 heavy (non-hydrogen) atoms. The molecule has 148 valence electrons. The van der Waals surface area contributed by atoms with Gasteiger partial charge in [0.05, 0.1) is 17.2 Å². The summed E-state index contributed by atoms with van der Waals surface area (Å²) in [7, 11) is 0. The van der Waals surface area contributed by atoms with Gasteiger partial charge < -0.3 is 10.2 Å². The topological polar surface area (TPSA) is 84.3 Å². The number of amides is 2. The lowest BCUT2D eigenvalue weighted by atomic mass is 9.95. The Labute approximate surface area is 168 Å². The van der Waals surface area contributed by atoms with Crippen LogP contribution in [-0.2, 0) is 16.1 Å². The number of hydrogen-bond acceptors (Lipinski definition) is 4. The van der Waals surface area contributed by atoms with Gasteiger partial charge in [-0.3, -0.25) is 19.0 Å². The van der Waals surface area contributed by atoms with Gasteiger partial charge in [0, 0.05) is 24.7 Å². The van der Waals surface area contributed by atoms with Crippen LogP contribution in [0.4, 0.5) is 5.69 Å². The number of nitrogens with one attached hydrogen (secondary N) is 1. The molecule has 0 aliphatic carbocycles. The van der Waals surface area contributed by atoms with Gasteiger partial charge in [-0.2, -0.15) is 0 Å². The van der Waals surface area contributed by atoms with Crippen LogP contribution in [0.25, 0.3) is 11.0 Å². The number of piperidine rings is 1. The molecule has 1 N–H and O–H groups in total. The van der Waals surface area contributed by atoms with Crippen LogP contribution < -0.4 is 10.9 Å². The highest BCUT2D eigenvalue weighted by Gasteiger charge is 2.27. The minimum absolute atomic E-state index is 0.0142. The summed E-state index contributed by atoms with van der Waals surface area (Å²) in [6, 6.07) is 16.6. The number of nitrogens with zero attached hydrogens (tertiary/aromatic N) is 3. The molecular formula is C22H22N4O3. The lowest BCUT2D eigenvalue weighted by Gasteiger charge is -2.31. The van der Waals surface area contributed by atoms with Gasteiger partial charge in [0.1, 0.15) is 6.54 Å². The number of anilines is 1. The molecule has 0 saturated carbocycles. The number of benzene rings is 2. The van der Waals surface area contributed by atoms with Gasteiger partial charge in [-0.05, 0) is 37.1 Å². The highest BCUT2D eigenvalue weighted by molar-refractivity contribution is 5.92. The maximum atomic E-state index is 12.8. The Balaban J connectivity index is 1.38. The molecule has 3 aromatic rings. The number of carbonyl (C=O) groups excluding carboxylic acids is 2. The third kappa shape index (κ3) is 4.18. The molecule has 2 aromatic carbocycles. The molecule has 0 radical (unpaired) electrons. The monoisotopic (exact) mass is 390 g/mol. The normalized spacial score (nSPS) is 14.7. The van der Waals surface area contributed by atoms with Crippen molar-refractivity contribution in [2.75, 3.05) is 18.4 Å². The van der Waals surface area contributed by atoms with Crippen LogP contribution in [0.2, 0.25) is 0 Å². The lowest BCUT2D eigenvalue weighted by Crippen LogP contribution is -2.43. The largest absolute Gasteiger partial charge is 0.341 e. The van der Waals surface area contributed by atoms with Crippen LogP contribution in [0.3, 0.4) is 0 Å². The third-order valence-corrected chi connectivity index (χ3v) is 5.31. The summed E-state index contributed by atoms with van der Waals surface area (Å²) in [5.74, 6) is -0.256. The van der Waals surface area contributed by atoms with Crippen molar-refractivity contribution in [3.05, 3.63) is 71.1 Å². The van der Waals surface area contributed by atoms with Crippen molar-refractivity contribution in [2.24, 2.45) is 5.92 Å². The Kier molecular flexibility index (Phi) is 5.37. The minimum atomic E-state index is -0.297. The number of aromatic nitrogens is 2. The van der Waals surface area contributed by atoms with E-state index in [-0.39, 0.29) is 29.8 Å². The Morgan fingerprint density at radius 2 is 1.69 bits per heavy atom. The fraction of sp³-hybridized carbons (Fsp3) is 0.273. The fourth-order valence-electron chi connectivity index (χ4n) is 3.67. The molecule has 0 bridgehead atoms. The van der Waals surface area contributed by atoms with E-state index in [2.05, 4.69) is 10.3 Å². The summed E-state index contributed by atoms with van der Waals surface area (Å²) in [6.45, 7) is 0.982. The van der Waals surface area contributed by atoms with Crippen LogP contribution in [0.15, 0.2) is 65.6 Å². The summed E-state index contributed by atoms with van der Waals surface area (Å²) in [5.41, 5.74) is 1.80. The van der Waals surface area contributed by atoms with Crippen LogP contribution in [0.1, 0.15) is 12.8 Å². The number of rotatable bonds is 4. The van der Waals surface area contributed by atoms with E-state index < -0.39 is 0 Å². The molecule has 1 aromatic heterocycles. The highest BCUT2D eigenvalue weighted by atomic mass is 16.2. The highest BCUT2D eigenvalue weighted by Crippen LogP contribution is 2.20. The zero-order valence-electron chi connectivity index (χ0n) is 16.0. The molecule has 0 unspecified atom stereocenters. The fourth-order valence-corrected chi connectivity index (χ4v) is 3.67. The van der Waals surface area contributed by atoms with Crippen LogP contribution in [-0.4, -0.2) is 39.4 Å². The molecule has 2 amide bonds. The van der Waals surface area contributed by atoms with Gasteiger partial charge in [0.15, 0.2) is 0 Å². The average Bonchev–Trinajstić information content (AvgIpc) is 2.76. The smallest absolute Gasteiger partial charge is 0.269 e. The molecular weight excluding hydrogens is 368 g/mol. The number of likely N-dealkylation sites (tertiary alicyclic amines) is 1. The van der Waals surface area contributed by atoms with E-state index >= 15 is 0 Å². The van der Waals surface area contributed by atoms with E-state index in [9.17, 15) is 14.4 Å². The van der Waals surface area contributed by atoms with Crippen molar-refractivity contribution in [3.8, 4) is 0 Å². The van der Waals surface area contributed by atoms with Crippen molar-refractivity contribution in [1.82, 2.24) is 14.5 Å². The van der Waals surface area contributed by atoms with E-state index in [1.54, 1.807) is 11.0 Å². The Hall–Kier alpha value is -3.48. The first kappa shape index (κ1) is 18.9. The molecule has 0 atom stereocenters. The molecule has 7 heteroatoms. The Morgan fingerprint density at radius 3 is 2.45 bits per heavy atom. The van der Waals surface area contributed by atoms with E-state index in [1.165, 1.54) is 10.8 Å². The first-order valence-electron chi connectivity index (χ1n) is 9.70. The number of hydrogen-bond donors (Lipinski definition) is 1. The van der Waals surface area contributed by atoms with Crippen molar-refractivity contribution < 1.29 is 9.59 Å². The number of fused-ring (bicyclic) bond motifs is 1. The summed E-state index contributed by atoms with van der Waals surface area (Å²) in [6.07, 6.45) is 2.46. The summed E-state index contributed by atoms with van der Waals surface area (Å²) in [4.78, 5) is 43.3. The standard InChI is InChI=1S/C22H22N4O3/c27-20-14-23-18-8-4-5-9-19(18)26(20)15-21(28)25-12-10-16(11-13-25)22(29)24-17-6-2-1-3-7-17/h1-9,14,16H,10-13,15H2,(H,24,29). The second-order valence-corrected chi connectivity index (χ2v) is 7.18. The SMILES string of the molecule is O=C(Nc1ccccc1)C1CCN(C(=O)Cn2c(=O)cnc3ccccc32)CC1. The molecule has 1 aliphatic rings. The predicted molar refractivity (Wildman–Crippen MR) is 110 cm³/mol. The van der Waals surface area contributed by atoms with E-state index in [4.69, 9.17) is 0 Å². The van der Waals surface area contributed by atoms with Gasteiger partial charge in [0.25, 0.3) is 5.56 Å². The van der Waals surface area contributed by atoms with Crippen LogP contribution in [0, 0.1) is 5.92 Å². The summed E-state index contributed by atoms with van der Waals surface area (Å²) < 4.78 is 1.46. The van der Waals surface area contributed by atoms with Crippen LogP contribution >= 0.6 is 0 Å². The van der Waals surface area contributed by atoms with Gasteiger partial charge >= 0.3 is 0 Å². The first-order valence-corrected chi connectivity index (χ1v) is 9.70. The van der Waals surface area contributed by atoms with Gasteiger partial charge in [-0.25, -0.2) is 4.98 Å². The molecule has 4 rings (SSSR count). The first-order chi connectivity index (χ1) is 14.1. The second kappa shape index (κ2) is 8.26. The molecule has 1 aliphatic heterocycles. The van der Waals surface area contributed by atoms with E-state index in [0.717, 1.165) is 5.69 Å². The Bertz CT molecular complexity index is 1090. The molecule has 1 fully saturated rings. The minimum Gasteiger partial charge on any atom is -0.341 e. The third-order valence-electron chi connectivity index (χ3n) is 5.31. The maximum Gasteiger partial charge on any atom is 0.269 e. The number of para-hydroxylation sites is 3. The van der Waals surface area contributed by atoms with Gasteiger partial charge in [-0.1, -0.05) is 30.3 Å². The van der Waals surface area contributed by atoms with Crippen molar-refractivity contribution >= 4 is 28.5 Å². The summed E-state index contributed by atoms with van der Waals surface area (Å²) in [5, 5.41) is 2.93. The van der Waals surface area contributed by atoms with Crippen molar-refractivity contribution in [3.63, 3.8) is 0 Å². The van der Waals surface area contributed by atoms with Gasteiger partial charge in [0.2, 0.25) is 11.8 Å². The quantitative estimate of drug-likeness (QED) is 0.741.